The van der Waals surface area contributed by atoms with Gasteiger partial charge in [-0.05, 0) is 6.08 Å². The monoisotopic (exact) mass is 179 g/mol. The van der Waals surface area contributed by atoms with Crippen molar-refractivity contribution < 1.29 is 9.90 Å². The Balaban J connectivity index is 3.42. The van der Waals surface area contributed by atoms with Gasteiger partial charge in [0.25, 0.3) is 0 Å². The minimum absolute atomic E-state index is 0.0531. The molecule has 0 unspecified atom stereocenters. The molecule has 0 aliphatic heterocycles. The molecule has 0 spiro atoms. The van der Waals surface area contributed by atoms with Crippen LogP contribution in [0, 0.1) is 0 Å². The van der Waals surface area contributed by atoms with Crippen molar-refractivity contribution in [3.8, 4) is 0 Å². The third-order valence-electron chi connectivity index (χ3n) is 1.54. The maximum Gasteiger partial charge on any atom is 0.358 e. The normalized spacial score (nSPS) is 9.54. The lowest BCUT2D eigenvalue weighted by atomic mass is 10.4. The van der Waals surface area contributed by atoms with E-state index >= 15 is 0 Å². The van der Waals surface area contributed by atoms with Crippen LogP contribution in [0.1, 0.15) is 16.3 Å². The van der Waals surface area contributed by atoms with Crippen molar-refractivity contribution in [2.75, 3.05) is 5.73 Å². The average molecular weight is 179 g/mol. The Labute approximate surface area is 74.8 Å². The number of imidazole rings is 1. The van der Waals surface area contributed by atoms with Gasteiger partial charge in [0.15, 0.2) is 5.69 Å². The summed E-state index contributed by atoms with van der Waals surface area (Å²) < 4.78 is 1.36. The fraction of sp³-hybridized carbons (Fsp3) is 0. The summed E-state index contributed by atoms with van der Waals surface area (Å²) >= 11 is 0. The largest absolute Gasteiger partial charge is 0.476 e. The van der Waals surface area contributed by atoms with Gasteiger partial charge >= 0.3 is 5.97 Å². The van der Waals surface area contributed by atoms with Crippen LogP contribution >= 0.6 is 0 Å². The molecule has 0 aromatic carbocycles. The smallest absolute Gasteiger partial charge is 0.358 e. The van der Waals surface area contributed by atoms with E-state index in [0.717, 1.165) is 0 Å². The van der Waals surface area contributed by atoms with Gasteiger partial charge in [-0.2, -0.15) is 0 Å². The van der Waals surface area contributed by atoms with Gasteiger partial charge in [-0.3, -0.25) is 4.57 Å². The second-order valence-electron chi connectivity index (χ2n) is 2.27. The van der Waals surface area contributed by atoms with Gasteiger partial charge in [0.05, 0.1) is 0 Å². The van der Waals surface area contributed by atoms with Crippen molar-refractivity contribution in [2.24, 2.45) is 0 Å². The molecule has 0 radical (unpaired) electrons. The lowest BCUT2D eigenvalue weighted by Gasteiger charge is -1.97. The molecule has 68 valence electrons. The molecule has 0 bridgehead atoms. The Morgan fingerprint density at radius 1 is 1.62 bits per heavy atom. The topological polar surface area (TPSA) is 81.1 Å². The third kappa shape index (κ3) is 1.31. The highest BCUT2D eigenvalue weighted by Crippen LogP contribution is 2.15. The van der Waals surface area contributed by atoms with Gasteiger partial charge in [-0.25, -0.2) is 9.78 Å². The summed E-state index contributed by atoms with van der Waals surface area (Å²) in [5, 5.41) is 8.67. The van der Waals surface area contributed by atoms with Crippen LogP contribution in [-0.4, -0.2) is 20.6 Å². The molecule has 1 rings (SSSR count). The molecule has 0 aliphatic carbocycles. The molecule has 0 atom stereocenters. The average Bonchev–Trinajstić information content (AvgIpc) is 2.41. The second-order valence-corrected chi connectivity index (χ2v) is 2.27. The second kappa shape index (κ2) is 3.14. The number of carboxylic acids is 1. The summed E-state index contributed by atoms with van der Waals surface area (Å²) in [5.41, 5.74) is 5.31. The Hall–Kier alpha value is -2.04. The predicted molar refractivity (Wildman–Crippen MR) is 50.1 cm³/mol. The molecule has 0 saturated heterocycles. The van der Waals surface area contributed by atoms with Crippen LogP contribution in [-0.2, 0) is 0 Å². The van der Waals surface area contributed by atoms with Crippen LogP contribution in [0.25, 0.3) is 12.3 Å². The Morgan fingerprint density at radius 3 is 2.54 bits per heavy atom. The maximum atomic E-state index is 10.6. The van der Waals surface area contributed by atoms with Crippen molar-refractivity contribution in [2.45, 2.75) is 0 Å². The van der Waals surface area contributed by atoms with E-state index in [-0.39, 0.29) is 11.5 Å². The first-order chi connectivity index (χ1) is 6.11. The van der Waals surface area contributed by atoms with E-state index in [1.54, 1.807) is 0 Å². The zero-order valence-electron chi connectivity index (χ0n) is 6.90. The lowest BCUT2D eigenvalue weighted by molar-refractivity contribution is 0.0692. The highest BCUT2D eigenvalue weighted by Gasteiger charge is 2.16. The van der Waals surface area contributed by atoms with E-state index in [0.29, 0.717) is 5.82 Å². The van der Waals surface area contributed by atoms with Gasteiger partial charge in [-0.15, -0.1) is 0 Å². The SMILES string of the molecule is C=Cc1nc(C(=O)O)c(N)n1C=C. The summed E-state index contributed by atoms with van der Waals surface area (Å²) in [5.74, 6) is -0.747. The summed E-state index contributed by atoms with van der Waals surface area (Å²) in [7, 11) is 0. The highest BCUT2D eigenvalue weighted by molar-refractivity contribution is 5.91. The fourth-order valence-corrected chi connectivity index (χ4v) is 0.956. The fourth-order valence-electron chi connectivity index (χ4n) is 0.956. The van der Waals surface area contributed by atoms with Crippen molar-refractivity contribution in [3.05, 3.63) is 24.7 Å². The van der Waals surface area contributed by atoms with E-state index in [1.165, 1.54) is 16.8 Å². The van der Waals surface area contributed by atoms with E-state index in [1.807, 2.05) is 0 Å². The van der Waals surface area contributed by atoms with Crippen LogP contribution in [0.3, 0.4) is 0 Å². The first-order valence-electron chi connectivity index (χ1n) is 3.47. The summed E-state index contributed by atoms with van der Waals surface area (Å²) in [6.07, 6.45) is 2.79. The molecule has 1 aromatic rings. The number of hydrogen-bond acceptors (Lipinski definition) is 3. The van der Waals surface area contributed by atoms with E-state index in [2.05, 4.69) is 18.1 Å². The van der Waals surface area contributed by atoms with Crippen LogP contribution in [0.15, 0.2) is 13.2 Å². The molecule has 0 aliphatic rings. The third-order valence-corrected chi connectivity index (χ3v) is 1.54. The molecule has 1 aromatic heterocycles. The Bertz CT molecular complexity index is 379. The van der Waals surface area contributed by atoms with Crippen molar-refractivity contribution in [1.29, 1.82) is 0 Å². The summed E-state index contributed by atoms with van der Waals surface area (Å²) in [6, 6.07) is 0. The quantitative estimate of drug-likeness (QED) is 0.722. The molecule has 0 saturated carbocycles. The number of carbonyl (C=O) groups is 1. The number of aromatic carboxylic acids is 1. The van der Waals surface area contributed by atoms with E-state index < -0.39 is 5.97 Å². The van der Waals surface area contributed by atoms with Gasteiger partial charge in [0, 0.05) is 6.20 Å². The number of aromatic nitrogens is 2. The zero-order valence-corrected chi connectivity index (χ0v) is 6.90. The molecular formula is C8H9N3O2. The van der Waals surface area contributed by atoms with Crippen molar-refractivity contribution in [3.63, 3.8) is 0 Å². The van der Waals surface area contributed by atoms with Crippen molar-refractivity contribution in [1.82, 2.24) is 9.55 Å². The van der Waals surface area contributed by atoms with Crippen LogP contribution < -0.4 is 5.73 Å². The first kappa shape index (κ1) is 9.05. The molecule has 13 heavy (non-hydrogen) atoms. The number of carboxylic acid groups (broad SMARTS) is 1. The van der Waals surface area contributed by atoms with E-state index in [9.17, 15) is 4.79 Å². The minimum Gasteiger partial charge on any atom is -0.476 e. The molecule has 3 N–H and O–H groups in total. The van der Waals surface area contributed by atoms with E-state index in [4.69, 9.17) is 10.8 Å². The molecule has 1 heterocycles. The van der Waals surface area contributed by atoms with Gasteiger partial charge < -0.3 is 10.8 Å². The van der Waals surface area contributed by atoms with Crippen LogP contribution in [0.4, 0.5) is 5.82 Å². The first-order valence-corrected chi connectivity index (χ1v) is 3.47. The van der Waals surface area contributed by atoms with Crippen LogP contribution in [0.5, 0.6) is 0 Å². The number of rotatable bonds is 3. The number of nitrogen functional groups attached to an aromatic ring is 1. The molecule has 5 nitrogen and oxygen atoms in total. The number of nitrogens with two attached hydrogens (primary N) is 1. The lowest BCUT2D eigenvalue weighted by Crippen LogP contribution is -2.03. The zero-order chi connectivity index (χ0) is 10.0. The Kier molecular flexibility index (Phi) is 2.19. The number of nitrogens with zero attached hydrogens (tertiary/aromatic N) is 2. The highest BCUT2D eigenvalue weighted by atomic mass is 16.4. The molecule has 5 heteroatoms. The Morgan fingerprint density at radius 2 is 2.23 bits per heavy atom. The standard InChI is InChI=1S/C8H9N3O2/c1-3-5-10-6(8(12)13)7(9)11(5)4-2/h3-4H,1-2,9H2,(H,12,13). The molecular weight excluding hydrogens is 170 g/mol. The predicted octanol–water partition coefficient (Wildman–Crippen LogP) is 0.907. The number of hydrogen-bond donors (Lipinski definition) is 2. The number of anilines is 1. The minimum atomic E-state index is -1.17. The maximum absolute atomic E-state index is 10.6. The molecule has 0 amide bonds. The van der Waals surface area contributed by atoms with Crippen molar-refractivity contribution >= 4 is 24.1 Å². The van der Waals surface area contributed by atoms with Gasteiger partial charge in [0.2, 0.25) is 0 Å². The van der Waals surface area contributed by atoms with Gasteiger partial charge in [-0.1, -0.05) is 13.2 Å². The van der Waals surface area contributed by atoms with Gasteiger partial charge in [0.1, 0.15) is 11.6 Å². The summed E-state index contributed by atoms with van der Waals surface area (Å²) in [4.78, 5) is 14.3. The van der Waals surface area contributed by atoms with Crippen LogP contribution in [0.2, 0.25) is 0 Å². The summed E-state index contributed by atoms with van der Waals surface area (Å²) in [6.45, 7) is 6.95. The molecule has 0 fully saturated rings.